The van der Waals surface area contributed by atoms with Crippen LogP contribution in [0.5, 0.6) is 0 Å². The van der Waals surface area contributed by atoms with E-state index in [0.29, 0.717) is 17.9 Å². The van der Waals surface area contributed by atoms with Gasteiger partial charge in [0.1, 0.15) is 0 Å². The van der Waals surface area contributed by atoms with Gasteiger partial charge in [-0.1, -0.05) is 0 Å². The van der Waals surface area contributed by atoms with Gasteiger partial charge in [0.15, 0.2) is 0 Å². The number of carbonyl (C=O) groups is 2. The van der Waals surface area contributed by atoms with Gasteiger partial charge in [0.2, 0.25) is 5.91 Å². The fourth-order valence-corrected chi connectivity index (χ4v) is 1.97. The van der Waals surface area contributed by atoms with Gasteiger partial charge in [0.25, 0.3) is 0 Å². The number of likely N-dealkylation sites (tertiary alicyclic amines) is 1. The second kappa shape index (κ2) is 5.61. The van der Waals surface area contributed by atoms with Gasteiger partial charge >= 0.3 is 0 Å². The summed E-state index contributed by atoms with van der Waals surface area (Å²) in [5, 5.41) is 29.5. The summed E-state index contributed by atoms with van der Waals surface area (Å²) in [5.74, 6) is -1.78. The van der Waals surface area contributed by atoms with Crippen molar-refractivity contribution >= 4 is 11.9 Å². The first-order valence-electron chi connectivity index (χ1n) is 5.28. The Morgan fingerprint density at radius 1 is 1.59 bits per heavy atom. The Kier molecular flexibility index (Phi) is 4.43. The molecule has 1 amide bonds. The Labute approximate surface area is 98.8 Å². The average Bonchev–Trinajstić information content (AvgIpc) is 2.27. The van der Waals surface area contributed by atoms with Crippen molar-refractivity contribution in [2.75, 3.05) is 13.1 Å². The number of rotatable bonds is 3. The van der Waals surface area contributed by atoms with E-state index in [-0.39, 0.29) is 13.1 Å². The normalized spacial score (nSPS) is 25.0. The second-order valence-electron chi connectivity index (χ2n) is 4.04. The Morgan fingerprint density at radius 2 is 2.24 bits per heavy atom. The van der Waals surface area contributed by atoms with E-state index in [9.17, 15) is 19.9 Å². The molecule has 0 bridgehead atoms. The van der Waals surface area contributed by atoms with Crippen molar-refractivity contribution in [3.05, 3.63) is 0 Å². The summed E-state index contributed by atoms with van der Waals surface area (Å²) in [4.78, 5) is 22.9. The van der Waals surface area contributed by atoms with E-state index >= 15 is 0 Å². The van der Waals surface area contributed by atoms with Crippen molar-refractivity contribution in [1.29, 1.82) is 5.26 Å². The van der Waals surface area contributed by atoms with Crippen LogP contribution in [0.15, 0.2) is 0 Å². The van der Waals surface area contributed by atoms with Crippen molar-refractivity contribution in [1.82, 2.24) is 9.96 Å². The largest absolute Gasteiger partial charge is 0.549 e. The highest BCUT2D eigenvalue weighted by Crippen LogP contribution is 2.19. The summed E-state index contributed by atoms with van der Waals surface area (Å²) in [7, 11) is 0. The second-order valence-corrected chi connectivity index (χ2v) is 4.04. The van der Waals surface area contributed by atoms with E-state index in [2.05, 4.69) is 0 Å². The van der Waals surface area contributed by atoms with Crippen LogP contribution in [0.4, 0.5) is 0 Å². The molecule has 1 aliphatic rings. The van der Waals surface area contributed by atoms with E-state index in [4.69, 9.17) is 5.26 Å². The molecule has 0 aromatic heterocycles. The van der Waals surface area contributed by atoms with Crippen molar-refractivity contribution in [3.8, 4) is 6.07 Å². The number of hydrogen-bond acceptors (Lipinski definition) is 6. The van der Waals surface area contributed by atoms with Crippen molar-refractivity contribution in [2.45, 2.75) is 31.8 Å². The van der Waals surface area contributed by atoms with Gasteiger partial charge in [0.05, 0.1) is 24.1 Å². The quantitative estimate of drug-likeness (QED) is 0.467. The zero-order valence-electron chi connectivity index (χ0n) is 9.50. The monoisotopic (exact) mass is 240 g/mol. The Balaban J connectivity index is 2.69. The third kappa shape index (κ3) is 3.41. The maximum Gasteiger partial charge on any atom is 0.243 e. The summed E-state index contributed by atoms with van der Waals surface area (Å²) in [5.41, 5.74) is 0. The third-order valence-electron chi connectivity index (χ3n) is 2.81. The molecule has 1 fully saturated rings. The van der Waals surface area contributed by atoms with Crippen molar-refractivity contribution in [2.24, 2.45) is 0 Å². The molecule has 1 aliphatic heterocycles. The number of hydroxylamine groups is 2. The van der Waals surface area contributed by atoms with E-state index in [1.165, 1.54) is 11.8 Å². The molecule has 7 heteroatoms. The van der Waals surface area contributed by atoms with Gasteiger partial charge < -0.3 is 9.90 Å². The minimum Gasteiger partial charge on any atom is -0.549 e. The van der Waals surface area contributed by atoms with Crippen LogP contribution in [0.1, 0.15) is 19.8 Å². The molecule has 0 aliphatic carbocycles. The standard InChI is InChI=1S/C10H15N3O4/c1-7(14)13(17)9-3-2-8(4-11)12(5-9)6-10(15)16/h8-9,17H,2-3,5-6H2,1H3,(H,15,16)/p-1. The van der Waals surface area contributed by atoms with Crippen LogP contribution in [0.25, 0.3) is 0 Å². The minimum atomic E-state index is -1.28. The fraction of sp³-hybridized carbons (Fsp3) is 0.700. The molecule has 0 radical (unpaired) electrons. The highest BCUT2D eigenvalue weighted by Gasteiger charge is 2.32. The predicted molar refractivity (Wildman–Crippen MR) is 53.3 cm³/mol. The number of amides is 1. The molecule has 17 heavy (non-hydrogen) atoms. The molecular weight excluding hydrogens is 226 g/mol. The smallest absolute Gasteiger partial charge is 0.243 e. The summed E-state index contributed by atoms with van der Waals surface area (Å²) in [6.45, 7) is 1.00. The van der Waals surface area contributed by atoms with Crippen molar-refractivity contribution < 1.29 is 19.9 Å². The van der Waals surface area contributed by atoms with Gasteiger partial charge in [-0.2, -0.15) is 5.26 Å². The lowest BCUT2D eigenvalue weighted by molar-refractivity contribution is -0.307. The highest BCUT2D eigenvalue weighted by molar-refractivity contribution is 5.72. The molecule has 1 N–H and O–H groups in total. The number of carbonyl (C=O) groups excluding carboxylic acids is 2. The molecule has 94 valence electrons. The molecule has 7 nitrogen and oxygen atoms in total. The number of hydrogen-bond donors (Lipinski definition) is 1. The number of piperidine rings is 1. The molecule has 2 atom stereocenters. The minimum absolute atomic E-state index is 0.155. The van der Waals surface area contributed by atoms with Crippen LogP contribution in [0.3, 0.4) is 0 Å². The lowest BCUT2D eigenvalue weighted by Gasteiger charge is -2.38. The predicted octanol–water partition coefficient (Wildman–Crippen LogP) is -1.67. The van der Waals surface area contributed by atoms with E-state index < -0.39 is 24.0 Å². The topological polar surface area (TPSA) is 108 Å². The van der Waals surface area contributed by atoms with Gasteiger partial charge in [0, 0.05) is 20.0 Å². The van der Waals surface area contributed by atoms with E-state index in [1.54, 1.807) is 0 Å². The van der Waals surface area contributed by atoms with Crippen molar-refractivity contribution in [3.63, 3.8) is 0 Å². The number of aliphatic carboxylic acids is 1. The molecular formula is C10H14N3O4-. The Bertz CT molecular complexity index is 352. The fourth-order valence-electron chi connectivity index (χ4n) is 1.97. The molecule has 1 rings (SSSR count). The summed E-state index contributed by atoms with van der Waals surface area (Å²) in [6.07, 6.45) is 0.886. The van der Waals surface area contributed by atoms with E-state index in [0.717, 1.165) is 0 Å². The molecule has 2 unspecified atom stereocenters. The van der Waals surface area contributed by atoms with Gasteiger partial charge in [-0.05, 0) is 12.8 Å². The van der Waals surface area contributed by atoms with Gasteiger partial charge in [-0.15, -0.1) is 0 Å². The SMILES string of the molecule is CC(=O)N(O)C1CCC(C#N)N(CC(=O)[O-])C1. The number of carboxylic acids is 1. The van der Waals surface area contributed by atoms with Crippen LogP contribution in [0, 0.1) is 11.3 Å². The maximum atomic E-state index is 11.0. The lowest BCUT2D eigenvalue weighted by Crippen LogP contribution is -2.54. The Morgan fingerprint density at radius 3 is 2.71 bits per heavy atom. The van der Waals surface area contributed by atoms with Crippen LogP contribution in [0.2, 0.25) is 0 Å². The molecule has 1 saturated heterocycles. The average molecular weight is 240 g/mol. The zero-order valence-corrected chi connectivity index (χ0v) is 9.50. The third-order valence-corrected chi connectivity index (χ3v) is 2.81. The Hall–Kier alpha value is -1.65. The molecule has 0 saturated carbocycles. The number of carboxylic acid groups (broad SMARTS) is 1. The number of nitriles is 1. The summed E-state index contributed by atoms with van der Waals surface area (Å²) >= 11 is 0. The highest BCUT2D eigenvalue weighted by atomic mass is 16.5. The number of nitrogens with zero attached hydrogens (tertiary/aromatic N) is 3. The molecule has 0 aromatic rings. The lowest BCUT2D eigenvalue weighted by atomic mass is 9.99. The molecule has 1 heterocycles. The maximum absolute atomic E-state index is 11.0. The van der Waals surface area contributed by atoms with Crippen LogP contribution < -0.4 is 5.11 Å². The first-order valence-corrected chi connectivity index (χ1v) is 5.28. The first-order chi connectivity index (χ1) is 7.95. The molecule has 0 aromatic carbocycles. The van der Waals surface area contributed by atoms with Crippen LogP contribution in [-0.2, 0) is 9.59 Å². The molecule has 0 spiro atoms. The van der Waals surface area contributed by atoms with E-state index in [1.807, 2.05) is 6.07 Å². The van der Waals surface area contributed by atoms with Crippen LogP contribution in [-0.4, -0.2) is 52.2 Å². The first kappa shape index (κ1) is 13.4. The van der Waals surface area contributed by atoms with Gasteiger partial charge in [-0.25, -0.2) is 5.06 Å². The summed E-state index contributed by atoms with van der Waals surface area (Å²) < 4.78 is 0. The zero-order chi connectivity index (χ0) is 13.0. The van der Waals surface area contributed by atoms with Crippen LogP contribution >= 0.6 is 0 Å². The van der Waals surface area contributed by atoms with Gasteiger partial charge in [-0.3, -0.25) is 14.9 Å². The summed E-state index contributed by atoms with van der Waals surface area (Å²) in [6, 6.07) is 1.01.